The molecule has 102 valence electrons. The average molecular weight is 269 g/mol. The second-order valence-corrected chi connectivity index (χ2v) is 5.92. The Kier molecular flexibility index (Phi) is 7.36. The Labute approximate surface area is 115 Å². The van der Waals surface area contributed by atoms with E-state index >= 15 is 0 Å². The molecule has 0 bridgehead atoms. The lowest BCUT2D eigenvalue weighted by Gasteiger charge is -2.13. The van der Waals surface area contributed by atoms with Gasteiger partial charge in [0.15, 0.2) is 0 Å². The van der Waals surface area contributed by atoms with Crippen LogP contribution in [0.15, 0.2) is 23.1 Å². The van der Waals surface area contributed by atoms with Crippen molar-refractivity contribution in [3.8, 4) is 0 Å². The van der Waals surface area contributed by atoms with Crippen LogP contribution < -0.4 is 5.32 Å². The maximum absolute atomic E-state index is 13.8. The molecule has 1 rings (SSSR count). The highest BCUT2D eigenvalue weighted by atomic mass is 32.2. The number of unbranched alkanes of at least 4 members (excludes halogenated alkanes) is 2. The van der Waals surface area contributed by atoms with E-state index in [9.17, 15) is 4.39 Å². The minimum atomic E-state index is -0.0837. The van der Waals surface area contributed by atoms with Crippen LogP contribution in [0.2, 0.25) is 0 Å². The molecule has 0 spiro atoms. The lowest BCUT2D eigenvalue weighted by Crippen LogP contribution is -2.22. The molecular weight excluding hydrogens is 245 g/mol. The van der Waals surface area contributed by atoms with Crippen LogP contribution in [-0.2, 0) is 6.54 Å². The summed E-state index contributed by atoms with van der Waals surface area (Å²) in [5, 5.41) is 3.35. The number of halogens is 1. The minimum Gasteiger partial charge on any atom is -0.310 e. The number of hydrogen-bond donors (Lipinski definition) is 1. The largest absolute Gasteiger partial charge is 0.310 e. The van der Waals surface area contributed by atoms with E-state index in [1.54, 1.807) is 23.9 Å². The molecule has 0 saturated carbocycles. The number of rotatable bonds is 8. The van der Waals surface area contributed by atoms with E-state index in [2.05, 4.69) is 26.1 Å². The molecule has 0 atom stereocenters. The summed E-state index contributed by atoms with van der Waals surface area (Å²) in [6.07, 6.45) is 3.59. The Hall–Kier alpha value is -0.540. The standard InChI is InChI=1S/C15H24FNS/c1-4-5-6-10-18-15-13(11-17-12(2)3)8-7-9-14(15)16/h7-9,12,17H,4-6,10-11H2,1-3H3. The van der Waals surface area contributed by atoms with Crippen LogP contribution in [0.4, 0.5) is 4.39 Å². The molecular formula is C15H24FNS. The third-order valence-corrected chi connectivity index (χ3v) is 3.98. The summed E-state index contributed by atoms with van der Waals surface area (Å²) in [6, 6.07) is 5.79. The minimum absolute atomic E-state index is 0.0837. The zero-order valence-corrected chi connectivity index (χ0v) is 12.4. The van der Waals surface area contributed by atoms with Gasteiger partial charge in [0.2, 0.25) is 0 Å². The van der Waals surface area contributed by atoms with Gasteiger partial charge in [-0.05, 0) is 23.8 Å². The summed E-state index contributed by atoms with van der Waals surface area (Å²) in [6.45, 7) is 7.14. The number of hydrogen-bond acceptors (Lipinski definition) is 2. The van der Waals surface area contributed by atoms with Crippen LogP contribution in [-0.4, -0.2) is 11.8 Å². The lowest BCUT2D eigenvalue weighted by molar-refractivity contribution is 0.564. The lowest BCUT2D eigenvalue weighted by atomic mass is 10.2. The first-order valence-electron chi connectivity index (χ1n) is 6.78. The van der Waals surface area contributed by atoms with E-state index in [4.69, 9.17) is 0 Å². The molecule has 0 radical (unpaired) electrons. The van der Waals surface area contributed by atoms with Crippen molar-refractivity contribution >= 4 is 11.8 Å². The Morgan fingerprint density at radius 3 is 2.72 bits per heavy atom. The van der Waals surface area contributed by atoms with Crippen LogP contribution in [0.3, 0.4) is 0 Å². The quantitative estimate of drug-likeness (QED) is 0.546. The van der Waals surface area contributed by atoms with Gasteiger partial charge >= 0.3 is 0 Å². The molecule has 0 heterocycles. The van der Waals surface area contributed by atoms with Gasteiger partial charge in [-0.3, -0.25) is 0 Å². The summed E-state index contributed by atoms with van der Waals surface area (Å²) in [5.74, 6) is 0.920. The summed E-state index contributed by atoms with van der Waals surface area (Å²) >= 11 is 1.65. The molecule has 18 heavy (non-hydrogen) atoms. The number of thioether (sulfide) groups is 1. The molecule has 0 aliphatic heterocycles. The van der Waals surface area contributed by atoms with Gasteiger partial charge < -0.3 is 5.32 Å². The number of benzene rings is 1. The van der Waals surface area contributed by atoms with Gasteiger partial charge in [0.05, 0.1) is 0 Å². The van der Waals surface area contributed by atoms with E-state index in [1.165, 1.54) is 12.8 Å². The molecule has 0 aliphatic carbocycles. The third kappa shape index (κ3) is 5.40. The zero-order chi connectivity index (χ0) is 13.4. The first kappa shape index (κ1) is 15.5. The van der Waals surface area contributed by atoms with Crippen LogP contribution >= 0.6 is 11.8 Å². The van der Waals surface area contributed by atoms with Gasteiger partial charge in [0, 0.05) is 17.5 Å². The van der Waals surface area contributed by atoms with Crippen LogP contribution in [0.5, 0.6) is 0 Å². The van der Waals surface area contributed by atoms with Crippen molar-refractivity contribution in [1.82, 2.24) is 5.32 Å². The SMILES string of the molecule is CCCCCSc1c(F)cccc1CNC(C)C. The van der Waals surface area contributed by atoms with E-state index in [0.717, 1.165) is 29.2 Å². The van der Waals surface area contributed by atoms with Crippen molar-refractivity contribution < 1.29 is 4.39 Å². The Bertz CT molecular complexity index is 352. The summed E-state index contributed by atoms with van der Waals surface area (Å²) in [7, 11) is 0. The highest BCUT2D eigenvalue weighted by Gasteiger charge is 2.09. The molecule has 0 fully saturated rings. The Morgan fingerprint density at radius 1 is 1.28 bits per heavy atom. The highest BCUT2D eigenvalue weighted by Crippen LogP contribution is 2.27. The van der Waals surface area contributed by atoms with E-state index in [1.807, 2.05) is 6.07 Å². The zero-order valence-electron chi connectivity index (χ0n) is 11.6. The van der Waals surface area contributed by atoms with Crippen LogP contribution in [0.25, 0.3) is 0 Å². The second kappa shape index (κ2) is 8.54. The van der Waals surface area contributed by atoms with Crippen molar-refractivity contribution in [3.63, 3.8) is 0 Å². The maximum atomic E-state index is 13.8. The van der Waals surface area contributed by atoms with Gasteiger partial charge in [-0.15, -0.1) is 11.8 Å². The third-order valence-electron chi connectivity index (χ3n) is 2.74. The van der Waals surface area contributed by atoms with Gasteiger partial charge in [-0.25, -0.2) is 4.39 Å². The topological polar surface area (TPSA) is 12.0 Å². The monoisotopic (exact) mass is 269 g/mol. The molecule has 3 heteroatoms. The van der Waals surface area contributed by atoms with Gasteiger partial charge in [0.25, 0.3) is 0 Å². The molecule has 1 nitrogen and oxygen atoms in total. The molecule has 1 aromatic rings. The molecule has 0 aliphatic rings. The first-order chi connectivity index (χ1) is 8.65. The Balaban J connectivity index is 2.62. The fourth-order valence-electron chi connectivity index (χ4n) is 1.69. The molecule has 0 amide bonds. The second-order valence-electron chi connectivity index (χ2n) is 4.82. The molecule has 0 saturated heterocycles. The normalized spacial score (nSPS) is 11.2. The van der Waals surface area contributed by atoms with Gasteiger partial charge in [-0.1, -0.05) is 45.7 Å². The van der Waals surface area contributed by atoms with Crippen molar-refractivity contribution in [3.05, 3.63) is 29.6 Å². The van der Waals surface area contributed by atoms with Gasteiger partial charge in [0.1, 0.15) is 5.82 Å². The van der Waals surface area contributed by atoms with Crippen LogP contribution in [0, 0.1) is 5.82 Å². The molecule has 0 aromatic heterocycles. The van der Waals surface area contributed by atoms with Gasteiger partial charge in [-0.2, -0.15) is 0 Å². The smallest absolute Gasteiger partial charge is 0.137 e. The van der Waals surface area contributed by atoms with Crippen molar-refractivity contribution in [1.29, 1.82) is 0 Å². The van der Waals surface area contributed by atoms with Crippen molar-refractivity contribution in [2.45, 2.75) is 57.5 Å². The summed E-state index contributed by atoms with van der Waals surface area (Å²) < 4.78 is 13.8. The fraction of sp³-hybridized carbons (Fsp3) is 0.600. The molecule has 1 aromatic carbocycles. The summed E-state index contributed by atoms with van der Waals surface area (Å²) in [5.41, 5.74) is 1.07. The van der Waals surface area contributed by atoms with E-state index < -0.39 is 0 Å². The Morgan fingerprint density at radius 2 is 2.06 bits per heavy atom. The first-order valence-corrected chi connectivity index (χ1v) is 7.77. The van der Waals surface area contributed by atoms with Crippen molar-refractivity contribution in [2.24, 2.45) is 0 Å². The fourth-order valence-corrected chi connectivity index (χ4v) is 2.78. The van der Waals surface area contributed by atoms with E-state index in [-0.39, 0.29) is 5.82 Å². The van der Waals surface area contributed by atoms with E-state index in [0.29, 0.717) is 6.04 Å². The predicted molar refractivity (Wildman–Crippen MR) is 78.6 cm³/mol. The van der Waals surface area contributed by atoms with Crippen LogP contribution in [0.1, 0.15) is 45.6 Å². The number of nitrogens with one attached hydrogen (secondary N) is 1. The molecule has 1 N–H and O–H groups in total. The average Bonchev–Trinajstić information content (AvgIpc) is 2.34. The predicted octanol–water partition coefficient (Wildman–Crippen LogP) is 4.61. The molecule has 0 unspecified atom stereocenters. The summed E-state index contributed by atoms with van der Waals surface area (Å²) in [4.78, 5) is 0.821. The van der Waals surface area contributed by atoms with Crippen molar-refractivity contribution in [2.75, 3.05) is 5.75 Å². The highest BCUT2D eigenvalue weighted by molar-refractivity contribution is 7.99. The maximum Gasteiger partial charge on any atom is 0.137 e.